The van der Waals surface area contributed by atoms with Gasteiger partial charge < -0.3 is 10.2 Å². The number of nitrogens with one attached hydrogen (secondary N) is 2. The quantitative estimate of drug-likeness (QED) is 0.856. The van der Waals surface area contributed by atoms with Gasteiger partial charge >= 0.3 is 0 Å². The predicted molar refractivity (Wildman–Crippen MR) is 104 cm³/mol. The van der Waals surface area contributed by atoms with Gasteiger partial charge in [-0.3, -0.25) is 4.79 Å². The van der Waals surface area contributed by atoms with Crippen LogP contribution < -0.4 is 10.2 Å². The summed E-state index contributed by atoms with van der Waals surface area (Å²) in [5.74, 6) is -0.394. The van der Waals surface area contributed by atoms with Gasteiger partial charge in [0.15, 0.2) is 0 Å². The van der Waals surface area contributed by atoms with Crippen molar-refractivity contribution in [3.8, 4) is 0 Å². The molecule has 2 bridgehead atoms. The second kappa shape index (κ2) is 7.81. The molecule has 27 heavy (non-hydrogen) atoms. The Morgan fingerprint density at radius 3 is 2.30 bits per heavy atom. The highest BCUT2D eigenvalue weighted by atomic mass is 19.1. The predicted octanol–water partition coefficient (Wildman–Crippen LogP) is 3.03. The molecule has 2 aliphatic rings. The molecule has 1 amide bonds. The maximum absolute atomic E-state index is 13.1. The second-order valence-corrected chi connectivity index (χ2v) is 8.21. The fourth-order valence-corrected chi connectivity index (χ4v) is 4.85. The summed E-state index contributed by atoms with van der Waals surface area (Å²) in [7, 11) is 0. The van der Waals surface area contributed by atoms with Crippen LogP contribution in [-0.4, -0.2) is 24.0 Å². The van der Waals surface area contributed by atoms with E-state index in [0.29, 0.717) is 17.6 Å². The second-order valence-electron chi connectivity index (χ2n) is 8.21. The highest BCUT2D eigenvalue weighted by Crippen LogP contribution is 2.23. The summed E-state index contributed by atoms with van der Waals surface area (Å²) in [5, 5.41) is 3.20. The third-order valence-electron chi connectivity index (χ3n) is 6.26. The Kier molecular flexibility index (Phi) is 5.26. The topological polar surface area (TPSA) is 33.5 Å². The first kappa shape index (κ1) is 18.2. The Morgan fingerprint density at radius 2 is 1.67 bits per heavy atom. The van der Waals surface area contributed by atoms with E-state index in [0.717, 1.165) is 19.4 Å². The van der Waals surface area contributed by atoms with Crippen molar-refractivity contribution in [3.63, 3.8) is 0 Å². The van der Waals surface area contributed by atoms with Gasteiger partial charge in [0, 0.05) is 30.0 Å². The zero-order valence-corrected chi connectivity index (χ0v) is 15.9. The average Bonchev–Trinajstić information content (AvgIpc) is 2.64. The summed E-state index contributed by atoms with van der Waals surface area (Å²) in [5.41, 5.74) is 3.24. The first-order valence-corrected chi connectivity index (χ1v) is 10.1. The molecule has 4 rings (SSSR count). The number of amides is 1. The molecule has 142 valence electrons. The molecule has 4 atom stereocenters. The average molecular weight is 367 g/mol. The molecule has 0 spiro atoms. The van der Waals surface area contributed by atoms with Crippen molar-refractivity contribution >= 4 is 5.91 Å². The molecule has 2 aromatic carbocycles. The number of hydrogen-bond acceptors (Lipinski definition) is 1. The van der Waals surface area contributed by atoms with Gasteiger partial charge in [-0.2, -0.15) is 0 Å². The van der Waals surface area contributed by atoms with Gasteiger partial charge in [-0.25, -0.2) is 4.39 Å². The van der Waals surface area contributed by atoms with Crippen molar-refractivity contribution in [2.45, 2.75) is 63.7 Å². The summed E-state index contributed by atoms with van der Waals surface area (Å²) >= 11 is 0. The van der Waals surface area contributed by atoms with E-state index in [2.05, 4.69) is 36.5 Å². The molecule has 2 aliphatic heterocycles. The molecular weight excluding hydrogens is 339 g/mol. The van der Waals surface area contributed by atoms with Crippen LogP contribution in [0.25, 0.3) is 0 Å². The van der Waals surface area contributed by atoms with Crippen LogP contribution in [0.2, 0.25) is 0 Å². The number of carbonyl (C=O) groups excluding carboxylic acids is 1. The lowest BCUT2D eigenvalue weighted by Crippen LogP contribution is -3.20. The molecule has 3 nitrogen and oxygen atoms in total. The van der Waals surface area contributed by atoms with Crippen molar-refractivity contribution in [2.75, 3.05) is 0 Å². The SMILES string of the molecule is Cc1ccc(C[NH+]2[C@@H]3CCC[C@H]2CC(NC(=O)c2ccc(F)cc2)C3)cc1. The lowest BCUT2D eigenvalue weighted by atomic mass is 9.81. The molecule has 0 radical (unpaired) electrons. The molecular formula is C23H28FN2O+. The lowest BCUT2D eigenvalue weighted by molar-refractivity contribution is -0.973. The molecule has 2 fully saturated rings. The van der Waals surface area contributed by atoms with Gasteiger partial charge in [0.05, 0.1) is 12.1 Å². The van der Waals surface area contributed by atoms with Crippen molar-refractivity contribution < 1.29 is 14.1 Å². The summed E-state index contributed by atoms with van der Waals surface area (Å²) in [4.78, 5) is 14.2. The number of rotatable bonds is 4. The number of piperidine rings is 2. The van der Waals surface area contributed by atoms with E-state index in [-0.39, 0.29) is 17.8 Å². The Bertz CT molecular complexity index is 773. The fraction of sp³-hybridized carbons (Fsp3) is 0.435. The maximum Gasteiger partial charge on any atom is 0.251 e. The number of aryl methyl sites for hydroxylation is 1. The number of quaternary nitrogens is 1. The minimum atomic E-state index is -0.311. The highest BCUT2D eigenvalue weighted by molar-refractivity contribution is 5.94. The Hall–Kier alpha value is -2.20. The van der Waals surface area contributed by atoms with Crippen LogP contribution in [0, 0.1) is 12.7 Å². The zero-order chi connectivity index (χ0) is 18.8. The molecule has 2 N–H and O–H groups in total. The minimum Gasteiger partial charge on any atom is -0.349 e. The minimum absolute atomic E-state index is 0.0833. The van der Waals surface area contributed by atoms with Crippen LogP contribution in [-0.2, 0) is 6.54 Å². The lowest BCUT2D eigenvalue weighted by Gasteiger charge is -2.46. The molecule has 0 saturated carbocycles. The number of benzene rings is 2. The van der Waals surface area contributed by atoms with Crippen LogP contribution in [0.4, 0.5) is 4.39 Å². The van der Waals surface area contributed by atoms with Crippen molar-refractivity contribution in [1.29, 1.82) is 0 Å². The van der Waals surface area contributed by atoms with Crippen LogP contribution in [0.5, 0.6) is 0 Å². The van der Waals surface area contributed by atoms with Gasteiger partial charge in [0.25, 0.3) is 5.91 Å². The molecule has 0 aromatic heterocycles. The highest BCUT2D eigenvalue weighted by Gasteiger charge is 2.42. The molecule has 4 heteroatoms. The third-order valence-corrected chi connectivity index (χ3v) is 6.26. The first-order valence-electron chi connectivity index (χ1n) is 10.1. The van der Waals surface area contributed by atoms with Gasteiger partial charge in [-0.15, -0.1) is 0 Å². The van der Waals surface area contributed by atoms with Gasteiger partial charge in [-0.05, 0) is 50.5 Å². The Balaban J connectivity index is 1.40. The third kappa shape index (κ3) is 4.22. The van der Waals surface area contributed by atoms with E-state index < -0.39 is 0 Å². The van der Waals surface area contributed by atoms with Gasteiger partial charge in [0.1, 0.15) is 12.4 Å². The van der Waals surface area contributed by atoms with Crippen LogP contribution >= 0.6 is 0 Å². The standard InChI is InChI=1S/C23H27FN2O/c1-16-5-7-17(8-6-16)15-26-21-3-2-4-22(26)14-20(13-21)25-23(27)18-9-11-19(24)12-10-18/h5-12,20-22H,2-4,13-15H2,1H3,(H,25,27)/p+1/t20?,21-,22+. The van der Waals surface area contributed by atoms with E-state index in [9.17, 15) is 9.18 Å². The van der Waals surface area contributed by atoms with Crippen LogP contribution in [0.1, 0.15) is 53.6 Å². The zero-order valence-electron chi connectivity index (χ0n) is 15.9. The number of halogens is 1. The first-order chi connectivity index (χ1) is 13.1. The van der Waals surface area contributed by atoms with E-state index in [4.69, 9.17) is 0 Å². The molecule has 2 heterocycles. The number of hydrogen-bond donors (Lipinski definition) is 2. The maximum atomic E-state index is 13.1. The number of carbonyl (C=O) groups is 1. The van der Waals surface area contributed by atoms with Crippen LogP contribution in [0.3, 0.4) is 0 Å². The summed E-state index contributed by atoms with van der Waals surface area (Å²) in [6, 6.07) is 16.1. The van der Waals surface area contributed by atoms with E-state index in [1.165, 1.54) is 42.5 Å². The Morgan fingerprint density at radius 1 is 1.04 bits per heavy atom. The van der Waals surface area contributed by atoms with E-state index >= 15 is 0 Å². The summed E-state index contributed by atoms with van der Waals surface area (Å²) in [6.45, 7) is 3.20. The normalized spacial score (nSPS) is 27.2. The molecule has 0 aliphatic carbocycles. The van der Waals surface area contributed by atoms with Crippen molar-refractivity contribution in [2.24, 2.45) is 0 Å². The summed E-state index contributed by atoms with van der Waals surface area (Å²) < 4.78 is 13.1. The monoisotopic (exact) mass is 367 g/mol. The molecule has 2 unspecified atom stereocenters. The van der Waals surface area contributed by atoms with Crippen molar-refractivity contribution in [3.05, 3.63) is 71.0 Å². The van der Waals surface area contributed by atoms with Crippen LogP contribution in [0.15, 0.2) is 48.5 Å². The molecule has 2 aromatic rings. The smallest absolute Gasteiger partial charge is 0.251 e. The number of fused-ring (bicyclic) bond motifs is 2. The molecule has 2 saturated heterocycles. The Labute approximate surface area is 160 Å². The van der Waals surface area contributed by atoms with Gasteiger partial charge in [-0.1, -0.05) is 29.8 Å². The van der Waals surface area contributed by atoms with E-state index in [1.807, 2.05) is 0 Å². The van der Waals surface area contributed by atoms with Crippen molar-refractivity contribution in [1.82, 2.24) is 5.32 Å². The largest absolute Gasteiger partial charge is 0.349 e. The fourth-order valence-electron chi connectivity index (χ4n) is 4.85. The summed E-state index contributed by atoms with van der Waals surface area (Å²) in [6.07, 6.45) is 5.84. The van der Waals surface area contributed by atoms with Gasteiger partial charge in [0.2, 0.25) is 0 Å². The van der Waals surface area contributed by atoms with E-state index in [1.54, 1.807) is 17.0 Å².